The lowest BCUT2D eigenvalue weighted by molar-refractivity contribution is -0.698. The number of aryl methyl sites for hydroxylation is 1. The Morgan fingerprint density at radius 3 is 1.92 bits per heavy atom. The van der Waals surface area contributed by atoms with Gasteiger partial charge in [-0.25, -0.2) is 9.13 Å². The van der Waals surface area contributed by atoms with Gasteiger partial charge in [0, 0.05) is 13.1 Å². The molecule has 124 valence electrons. The first kappa shape index (κ1) is 16.9. The van der Waals surface area contributed by atoms with Crippen LogP contribution in [0.5, 0.6) is 0 Å². The number of hydrogen-bond acceptors (Lipinski definition) is 0. The molecular weight excluding hydrogens is 311 g/mol. The van der Waals surface area contributed by atoms with Crippen LogP contribution in [0.25, 0.3) is 0 Å². The van der Waals surface area contributed by atoms with Crippen molar-refractivity contribution in [3.8, 4) is 0 Å². The van der Waals surface area contributed by atoms with Crippen molar-refractivity contribution >= 4 is 18.5 Å². The van der Waals surface area contributed by atoms with Gasteiger partial charge in [-0.05, 0) is 32.4 Å². The Morgan fingerprint density at radius 2 is 1.46 bits per heavy atom. The standard InChI is InChI=1S/C21H26N2P/c1-18(2)23-15-14-22(19(23)3)16-17-24(20-10-6-4-7-11-20)21-12-8-5-9-13-21/h4-15,18H,16-17H2,1-3H3/q+1. The maximum atomic E-state index is 2.39. The number of hydrogen-bond donors (Lipinski definition) is 0. The summed E-state index contributed by atoms with van der Waals surface area (Å²) in [5.74, 6) is 1.33. The number of aromatic nitrogens is 2. The highest BCUT2D eigenvalue weighted by Gasteiger charge is 2.18. The van der Waals surface area contributed by atoms with E-state index in [1.807, 2.05) is 0 Å². The fourth-order valence-corrected chi connectivity index (χ4v) is 5.42. The minimum atomic E-state index is -0.323. The van der Waals surface area contributed by atoms with Crippen LogP contribution in [0.3, 0.4) is 0 Å². The van der Waals surface area contributed by atoms with Crippen molar-refractivity contribution in [2.24, 2.45) is 0 Å². The van der Waals surface area contributed by atoms with Crippen molar-refractivity contribution in [3.05, 3.63) is 78.9 Å². The van der Waals surface area contributed by atoms with Gasteiger partial charge in [0.15, 0.2) is 0 Å². The predicted molar refractivity (Wildman–Crippen MR) is 104 cm³/mol. The fraction of sp³-hybridized carbons (Fsp3) is 0.286. The summed E-state index contributed by atoms with van der Waals surface area (Å²) < 4.78 is 4.73. The molecule has 0 atom stereocenters. The van der Waals surface area contributed by atoms with E-state index in [0.29, 0.717) is 6.04 Å². The number of benzene rings is 2. The van der Waals surface area contributed by atoms with Crippen molar-refractivity contribution in [1.29, 1.82) is 0 Å². The largest absolute Gasteiger partial charge is 0.253 e. The van der Waals surface area contributed by atoms with Crippen LogP contribution in [0.4, 0.5) is 0 Å². The highest BCUT2D eigenvalue weighted by molar-refractivity contribution is 7.72. The maximum absolute atomic E-state index is 2.39. The Kier molecular flexibility index (Phi) is 5.48. The molecule has 0 spiro atoms. The first-order valence-corrected chi connectivity index (χ1v) is 10.1. The summed E-state index contributed by atoms with van der Waals surface area (Å²) >= 11 is 0. The summed E-state index contributed by atoms with van der Waals surface area (Å²) in [6.07, 6.45) is 5.59. The third-order valence-electron chi connectivity index (χ3n) is 4.45. The molecule has 1 heterocycles. The Bertz CT molecular complexity index is 724. The Labute approximate surface area is 146 Å². The third-order valence-corrected chi connectivity index (χ3v) is 6.94. The molecule has 0 unspecified atom stereocenters. The van der Waals surface area contributed by atoms with Crippen LogP contribution >= 0.6 is 7.92 Å². The van der Waals surface area contributed by atoms with Gasteiger partial charge in [0.05, 0.1) is 12.6 Å². The molecule has 24 heavy (non-hydrogen) atoms. The topological polar surface area (TPSA) is 8.81 Å². The molecule has 2 aromatic carbocycles. The van der Waals surface area contributed by atoms with E-state index in [9.17, 15) is 0 Å². The SMILES string of the molecule is Cc1n(C(C)C)cc[n+]1CCP(c1ccccc1)c1ccccc1. The molecule has 2 nitrogen and oxygen atoms in total. The van der Waals surface area contributed by atoms with Crippen LogP contribution < -0.4 is 15.2 Å². The van der Waals surface area contributed by atoms with E-state index in [1.54, 1.807) is 0 Å². The summed E-state index contributed by atoms with van der Waals surface area (Å²) in [6.45, 7) is 7.74. The van der Waals surface area contributed by atoms with E-state index < -0.39 is 0 Å². The van der Waals surface area contributed by atoms with Gasteiger partial charge >= 0.3 is 0 Å². The van der Waals surface area contributed by atoms with E-state index in [-0.39, 0.29) is 7.92 Å². The van der Waals surface area contributed by atoms with E-state index in [4.69, 9.17) is 0 Å². The molecule has 0 bridgehead atoms. The molecule has 0 fully saturated rings. The maximum Gasteiger partial charge on any atom is 0.253 e. The summed E-state index contributed by atoms with van der Waals surface area (Å²) in [5.41, 5.74) is 0. The number of rotatable bonds is 6. The molecule has 0 N–H and O–H groups in total. The second-order valence-corrected chi connectivity index (χ2v) is 8.70. The molecule has 3 rings (SSSR count). The quantitative estimate of drug-likeness (QED) is 0.478. The van der Waals surface area contributed by atoms with E-state index in [2.05, 4.69) is 103 Å². The predicted octanol–water partition coefficient (Wildman–Crippen LogP) is 3.80. The smallest absolute Gasteiger partial charge is 0.234 e. The van der Waals surface area contributed by atoms with Gasteiger partial charge in [-0.15, -0.1) is 0 Å². The highest BCUT2D eigenvalue weighted by Crippen LogP contribution is 2.32. The first-order chi connectivity index (χ1) is 11.7. The minimum absolute atomic E-state index is 0.323. The van der Waals surface area contributed by atoms with Gasteiger partial charge in [-0.2, -0.15) is 0 Å². The normalized spacial score (nSPS) is 11.4. The van der Waals surface area contributed by atoms with Crippen LogP contribution in [-0.4, -0.2) is 10.7 Å². The van der Waals surface area contributed by atoms with Crippen LogP contribution in [0, 0.1) is 6.92 Å². The summed E-state index contributed by atoms with van der Waals surface area (Å²) in [4.78, 5) is 0. The van der Waals surface area contributed by atoms with Crippen LogP contribution in [0.1, 0.15) is 25.7 Å². The molecule has 0 amide bonds. The average Bonchev–Trinajstić information content (AvgIpc) is 2.98. The molecule has 0 saturated heterocycles. The number of nitrogens with zero attached hydrogens (tertiary/aromatic N) is 2. The van der Waals surface area contributed by atoms with Gasteiger partial charge < -0.3 is 0 Å². The Balaban J connectivity index is 1.83. The van der Waals surface area contributed by atoms with Gasteiger partial charge in [-0.3, -0.25) is 0 Å². The summed E-state index contributed by atoms with van der Waals surface area (Å²) in [7, 11) is -0.323. The third kappa shape index (κ3) is 3.76. The first-order valence-electron chi connectivity index (χ1n) is 8.61. The molecule has 3 heteroatoms. The molecule has 0 radical (unpaired) electrons. The number of imidazole rings is 1. The van der Waals surface area contributed by atoms with Gasteiger partial charge in [0.1, 0.15) is 12.4 Å². The van der Waals surface area contributed by atoms with Crippen LogP contribution in [0.2, 0.25) is 0 Å². The van der Waals surface area contributed by atoms with Crippen molar-refractivity contribution in [2.75, 3.05) is 6.16 Å². The molecule has 0 aliphatic rings. The summed E-state index contributed by atoms with van der Waals surface area (Å²) in [6, 6.07) is 22.4. The zero-order chi connectivity index (χ0) is 16.9. The zero-order valence-corrected chi connectivity index (χ0v) is 15.7. The minimum Gasteiger partial charge on any atom is -0.234 e. The monoisotopic (exact) mass is 337 g/mol. The van der Waals surface area contributed by atoms with Gasteiger partial charge in [0.2, 0.25) is 0 Å². The van der Waals surface area contributed by atoms with Crippen LogP contribution in [-0.2, 0) is 6.54 Å². The van der Waals surface area contributed by atoms with Gasteiger partial charge in [-0.1, -0.05) is 60.7 Å². The average molecular weight is 337 g/mol. The zero-order valence-electron chi connectivity index (χ0n) is 14.8. The van der Waals surface area contributed by atoms with E-state index in [1.165, 1.54) is 16.4 Å². The van der Waals surface area contributed by atoms with Crippen molar-refractivity contribution in [2.45, 2.75) is 33.4 Å². The van der Waals surface area contributed by atoms with E-state index >= 15 is 0 Å². The molecule has 1 aromatic heterocycles. The molecule has 0 aliphatic carbocycles. The fourth-order valence-electron chi connectivity index (χ4n) is 3.13. The van der Waals surface area contributed by atoms with Crippen molar-refractivity contribution in [1.82, 2.24) is 4.57 Å². The second-order valence-electron chi connectivity index (χ2n) is 6.36. The highest BCUT2D eigenvalue weighted by atomic mass is 31.1. The molecule has 0 aliphatic heterocycles. The van der Waals surface area contributed by atoms with Crippen molar-refractivity contribution in [3.63, 3.8) is 0 Å². The van der Waals surface area contributed by atoms with Gasteiger partial charge in [0.25, 0.3) is 5.82 Å². The lowest BCUT2D eigenvalue weighted by Crippen LogP contribution is -2.38. The molecule has 0 saturated carbocycles. The van der Waals surface area contributed by atoms with E-state index in [0.717, 1.165) is 12.7 Å². The Hall–Kier alpha value is -1.92. The second kappa shape index (κ2) is 7.77. The Morgan fingerprint density at radius 1 is 0.917 bits per heavy atom. The lowest BCUT2D eigenvalue weighted by atomic mass is 10.4. The molecule has 3 aromatic rings. The molecular formula is C21H26N2P+. The summed E-state index contributed by atoms with van der Waals surface area (Å²) in [5, 5.41) is 2.92. The lowest BCUT2D eigenvalue weighted by Gasteiger charge is -2.18. The van der Waals surface area contributed by atoms with Crippen molar-refractivity contribution < 1.29 is 4.57 Å². The van der Waals surface area contributed by atoms with Crippen LogP contribution in [0.15, 0.2) is 73.1 Å².